The Morgan fingerprint density at radius 3 is 2.94 bits per heavy atom. The van der Waals surface area contributed by atoms with Crippen LogP contribution in [0.15, 0.2) is 41.1 Å². The fourth-order valence-electron chi connectivity index (χ4n) is 1.64. The van der Waals surface area contributed by atoms with Crippen molar-refractivity contribution in [1.29, 1.82) is 5.26 Å². The van der Waals surface area contributed by atoms with Crippen LogP contribution in [0, 0.1) is 18.3 Å². The van der Waals surface area contributed by atoms with E-state index in [1.807, 2.05) is 24.4 Å². The van der Waals surface area contributed by atoms with E-state index in [2.05, 4.69) is 39.2 Å². The van der Waals surface area contributed by atoms with E-state index in [4.69, 9.17) is 5.26 Å². The van der Waals surface area contributed by atoms with Crippen LogP contribution in [0.1, 0.15) is 16.7 Å². The van der Waals surface area contributed by atoms with Crippen LogP contribution < -0.4 is 5.32 Å². The average molecular weight is 302 g/mol. The van der Waals surface area contributed by atoms with Crippen LogP contribution in [-0.4, -0.2) is 4.98 Å². The first-order chi connectivity index (χ1) is 8.69. The molecule has 0 amide bonds. The predicted octanol–water partition coefficient (Wildman–Crippen LogP) is 3.64. The molecule has 0 atom stereocenters. The Labute approximate surface area is 115 Å². The first-order valence-corrected chi connectivity index (χ1v) is 6.32. The molecule has 0 unspecified atom stereocenters. The summed E-state index contributed by atoms with van der Waals surface area (Å²) in [5.74, 6) is 0. The summed E-state index contributed by atoms with van der Waals surface area (Å²) in [6, 6.07) is 9.69. The molecule has 90 valence electrons. The van der Waals surface area contributed by atoms with Gasteiger partial charge in [0.15, 0.2) is 0 Å². The predicted molar refractivity (Wildman–Crippen MR) is 75.2 cm³/mol. The zero-order chi connectivity index (χ0) is 13.0. The number of aromatic nitrogens is 1. The zero-order valence-electron chi connectivity index (χ0n) is 9.94. The number of pyridine rings is 1. The van der Waals surface area contributed by atoms with Gasteiger partial charge in [0.2, 0.25) is 0 Å². The van der Waals surface area contributed by atoms with Crippen LogP contribution in [0.25, 0.3) is 0 Å². The van der Waals surface area contributed by atoms with Crippen LogP contribution >= 0.6 is 15.9 Å². The number of nitrogens with one attached hydrogen (secondary N) is 1. The number of anilines is 1. The van der Waals surface area contributed by atoms with Crippen molar-refractivity contribution in [1.82, 2.24) is 4.98 Å². The van der Waals surface area contributed by atoms with Crippen molar-refractivity contribution in [2.75, 3.05) is 5.32 Å². The molecule has 0 spiro atoms. The standard InChI is InChI=1S/C14H12BrN3/c1-10-2-3-17-8-12(10)9-18-14-5-11(7-16)4-13(15)6-14/h2-6,8,18H,9H2,1H3. The van der Waals surface area contributed by atoms with Crippen molar-refractivity contribution in [2.24, 2.45) is 0 Å². The van der Waals surface area contributed by atoms with E-state index in [-0.39, 0.29) is 0 Å². The fourth-order valence-corrected chi connectivity index (χ4v) is 2.13. The molecule has 1 aromatic carbocycles. The Balaban J connectivity index is 2.14. The molecule has 0 bridgehead atoms. The number of hydrogen-bond acceptors (Lipinski definition) is 3. The lowest BCUT2D eigenvalue weighted by Gasteiger charge is -2.09. The van der Waals surface area contributed by atoms with Crippen LogP contribution in [0.5, 0.6) is 0 Å². The third-order valence-electron chi connectivity index (χ3n) is 2.66. The minimum atomic E-state index is 0.634. The molecule has 1 aromatic heterocycles. The molecule has 18 heavy (non-hydrogen) atoms. The summed E-state index contributed by atoms with van der Waals surface area (Å²) in [6.07, 6.45) is 3.64. The Bertz CT molecular complexity index is 602. The largest absolute Gasteiger partial charge is 0.381 e. The molecular weight excluding hydrogens is 290 g/mol. The van der Waals surface area contributed by atoms with Gasteiger partial charge in [-0.3, -0.25) is 4.98 Å². The number of aryl methyl sites for hydroxylation is 1. The molecule has 0 saturated carbocycles. The molecule has 4 heteroatoms. The second-order valence-electron chi connectivity index (χ2n) is 4.00. The number of hydrogen-bond donors (Lipinski definition) is 1. The van der Waals surface area contributed by atoms with Crippen molar-refractivity contribution in [3.63, 3.8) is 0 Å². The molecule has 0 aliphatic carbocycles. The lowest BCUT2D eigenvalue weighted by Crippen LogP contribution is -2.02. The van der Waals surface area contributed by atoms with Gasteiger partial charge in [0.25, 0.3) is 0 Å². The maximum absolute atomic E-state index is 8.91. The Kier molecular flexibility index (Phi) is 3.96. The third-order valence-corrected chi connectivity index (χ3v) is 3.12. The molecule has 1 heterocycles. The molecule has 0 aliphatic rings. The molecule has 2 aromatic rings. The van der Waals surface area contributed by atoms with E-state index in [9.17, 15) is 0 Å². The van der Waals surface area contributed by atoms with E-state index >= 15 is 0 Å². The molecule has 3 nitrogen and oxygen atoms in total. The van der Waals surface area contributed by atoms with Gasteiger partial charge in [-0.2, -0.15) is 5.26 Å². The van der Waals surface area contributed by atoms with E-state index in [0.29, 0.717) is 12.1 Å². The van der Waals surface area contributed by atoms with Crippen molar-refractivity contribution >= 4 is 21.6 Å². The lowest BCUT2D eigenvalue weighted by molar-refractivity contribution is 1.08. The summed E-state index contributed by atoms with van der Waals surface area (Å²) in [4.78, 5) is 4.11. The van der Waals surface area contributed by atoms with Gasteiger partial charge in [0.05, 0.1) is 11.6 Å². The maximum Gasteiger partial charge on any atom is 0.0992 e. The van der Waals surface area contributed by atoms with Crippen LogP contribution in [0.2, 0.25) is 0 Å². The average Bonchev–Trinajstić information content (AvgIpc) is 2.37. The maximum atomic E-state index is 8.91. The minimum Gasteiger partial charge on any atom is -0.381 e. The first kappa shape index (κ1) is 12.6. The summed E-state index contributed by atoms with van der Waals surface area (Å²) in [5.41, 5.74) is 3.91. The van der Waals surface area contributed by atoms with Crippen molar-refractivity contribution in [2.45, 2.75) is 13.5 Å². The van der Waals surface area contributed by atoms with Gasteiger partial charge in [-0.25, -0.2) is 0 Å². The number of halogens is 1. The van der Waals surface area contributed by atoms with E-state index in [1.54, 1.807) is 12.3 Å². The van der Waals surface area contributed by atoms with Gasteiger partial charge in [-0.05, 0) is 42.3 Å². The number of rotatable bonds is 3. The molecule has 0 aliphatic heterocycles. The molecule has 1 N–H and O–H groups in total. The lowest BCUT2D eigenvalue weighted by atomic mass is 10.1. The topological polar surface area (TPSA) is 48.7 Å². The minimum absolute atomic E-state index is 0.634. The Hall–Kier alpha value is -1.86. The van der Waals surface area contributed by atoms with Gasteiger partial charge in [-0.15, -0.1) is 0 Å². The van der Waals surface area contributed by atoms with E-state index in [1.165, 1.54) is 5.56 Å². The number of benzene rings is 1. The smallest absolute Gasteiger partial charge is 0.0992 e. The van der Waals surface area contributed by atoms with E-state index in [0.717, 1.165) is 15.7 Å². The van der Waals surface area contributed by atoms with Crippen molar-refractivity contribution in [3.8, 4) is 6.07 Å². The van der Waals surface area contributed by atoms with Crippen molar-refractivity contribution in [3.05, 3.63) is 57.8 Å². The monoisotopic (exact) mass is 301 g/mol. The molecule has 2 rings (SSSR count). The highest BCUT2D eigenvalue weighted by Gasteiger charge is 2.01. The molecule has 0 fully saturated rings. The summed E-state index contributed by atoms with van der Waals surface area (Å²) in [5, 5.41) is 12.2. The third kappa shape index (κ3) is 3.08. The van der Waals surface area contributed by atoms with Gasteiger partial charge in [-0.1, -0.05) is 15.9 Å². The SMILES string of the molecule is Cc1ccncc1CNc1cc(Br)cc(C#N)c1. The fraction of sp³-hybridized carbons (Fsp3) is 0.143. The van der Waals surface area contributed by atoms with E-state index < -0.39 is 0 Å². The van der Waals surface area contributed by atoms with Gasteiger partial charge >= 0.3 is 0 Å². The van der Waals surface area contributed by atoms with Crippen LogP contribution in [-0.2, 0) is 6.54 Å². The number of nitrogens with zero attached hydrogens (tertiary/aromatic N) is 2. The highest BCUT2D eigenvalue weighted by atomic mass is 79.9. The van der Waals surface area contributed by atoms with Crippen LogP contribution in [0.3, 0.4) is 0 Å². The van der Waals surface area contributed by atoms with Crippen molar-refractivity contribution < 1.29 is 0 Å². The zero-order valence-corrected chi connectivity index (χ0v) is 11.5. The first-order valence-electron chi connectivity index (χ1n) is 5.53. The summed E-state index contributed by atoms with van der Waals surface area (Å²) in [7, 11) is 0. The van der Waals surface area contributed by atoms with Gasteiger partial charge < -0.3 is 5.32 Å². The summed E-state index contributed by atoms with van der Waals surface area (Å²) in [6.45, 7) is 2.75. The second-order valence-corrected chi connectivity index (χ2v) is 4.91. The van der Waals surface area contributed by atoms with Crippen LogP contribution in [0.4, 0.5) is 5.69 Å². The van der Waals surface area contributed by atoms with Gasteiger partial charge in [0, 0.05) is 29.1 Å². The van der Waals surface area contributed by atoms with Gasteiger partial charge in [0.1, 0.15) is 0 Å². The molecule has 0 saturated heterocycles. The quantitative estimate of drug-likeness (QED) is 0.941. The normalized spacial score (nSPS) is 9.83. The Morgan fingerprint density at radius 1 is 1.39 bits per heavy atom. The highest BCUT2D eigenvalue weighted by Crippen LogP contribution is 2.20. The molecule has 0 radical (unpaired) electrons. The number of nitriles is 1. The molecular formula is C14H12BrN3. The Morgan fingerprint density at radius 2 is 2.22 bits per heavy atom. The second kappa shape index (κ2) is 5.65. The highest BCUT2D eigenvalue weighted by molar-refractivity contribution is 9.10. The summed E-state index contributed by atoms with van der Waals surface area (Å²) < 4.78 is 0.895. The summed E-state index contributed by atoms with van der Waals surface area (Å²) >= 11 is 3.39.